The number of nitrogens with zero attached hydrogens (tertiary/aromatic N) is 4. The van der Waals surface area contributed by atoms with Crippen LogP contribution in [0.25, 0.3) is 10.9 Å². The highest BCUT2D eigenvalue weighted by atomic mass is 32.2. The maximum Gasteiger partial charge on any atom is 0.262 e. The molecule has 0 saturated heterocycles. The Labute approximate surface area is 166 Å². The summed E-state index contributed by atoms with van der Waals surface area (Å²) in [5.74, 6) is -0.177. The van der Waals surface area contributed by atoms with Gasteiger partial charge in [0.25, 0.3) is 5.56 Å². The Balaban J connectivity index is 1.89. The summed E-state index contributed by atoms with van der Waals surface area (Å²) in [4.78, 5) is 31.5. The first-order valence-electron chi connectivity index (χ1n) is 8.61. The molecule has 140 valence electrons. The molecule has 3 aromatic rings. The molecule has 1 aromatic heterocycles. The zero-order valence-electron chi connectivity index (χ0n) is 15.1. The highest BCUT2D eigenvalue weighted by Gasteiger charge is 2.18. The van der Waals surface area contributed by atoms with Crippen LogP contribution >= 0.6 is 11.8 Å². The van der Waals surface area contributed by atoms with Crippen molar-refractivity contribution >= 4 is 34.3 Å². The molecule has 0 N–H and O–H groups in total. The van der Waals surface area contributed by atoms with Crippen LogP contribution in [-0.2, 0) is 11.3 Å². The first-order chi connectivity index (χ1) is 13.7. The first-order valence-corrected chi connectivity index (χ1v) is 9.60. The van der Waals surface area contributed by atoms with Gasteiger partial charge in [0.2, 0.25) is 5.91 Å². The number of anilines is 1. The van der Waals surface area contributed by atoms with Crippen molar-refractivity contribution in [2.24, 2.45) is 0 Å². The molecular formula is C21H18N4O2S. The third-order valence-corrected chi connectivity index (χ3v) is 5.02. The summed E-state index contributed by atoms with van der Waals surface area (Å²) in [5.41, 5.74) is 1.07. The van der Waals surface area contributed by atoms with Crippen molar-refractivity contribution in [1.29, 1.82) is 5.26 Å². The summed E-state index contributed by atoms with van der Waals surface area (Å²) in [7, 11) is 0. The van der Waals surface area contributed by atoms with E-state index >= 15 is 0 Å². The summed E-state index contributed by atoms with van der Waals surface area (Å²) >= 11 is 1.18. The lowest BCUT2D eigenvalue weighted by atomic mass is 10.2. The summed E-state index contributed by atoms with van der Waals surface area (Å²) in [6.07, 6.45) is 1.62. The predicted molar refractivity (Wildman–Crippen MR) is 111 cm³/mol. The summed E-state index contributed by atoms with van der Waals surface area (Å²) < 4.78 is 1.50. The highest BCUT2D eigenvalue weighted by molar-refractivity contribution is 7.99. The average Bonchev–Trinajstić information content (AvgIpc) is 2.73. The molecule has 3 rings (SSSR count). The SMILES string of the molecule is C=CCn1c(SCC(=O)N(CC#N)c2ccccc2)nc2ccccc2c1=O. The lowest BCUT2D eigenvalue weighted by Gasteiger charge is -2.19. The van der Waals surface area contributed by atoms with Gasteiger partial charge in [0.1, 0.15) is 6.54 Å². The Bertz CT molecular complexity index is 1100. The molecule has 6 nitrogen and oxygen atoms in total. The van der Waals surface area contributed by atoms with E-state index in [1.807, 2.05) is 30.3 Å². The number of allylic oxidation sites excluding steroid dienone is 1. The Kier molecular flexibility index (Phi) is 6.25. The first kappa shape index (κ1) is 19.4. The number of aromatic nitrogens is 2. The number of thioether (sulfide) groups is 1. The van der Waals surface area contributed by atoms with Crippen LogP contribution in [0.2, 0.25) is 0 Å². The molecule has 2 aromatic carbocycles. The van der Waals surface area contributed by atoms with Gasteiger partial charge in [-0.05, 0) is 24.3 Å². The Hall–Kier alpha value is -3.37. The smallest absolute Gasteiger partial charge is 0.262 e. The molecule has 0 unspecified atom stereocenters. The minimum atomic E-state index is -0.231. The Morgan fingerprint density at radius 1 is 1.21 bits per heavy atom. The summed E-state index contributed by atoms with van der Waals surface area (Å²) in [6.45, 7) is 3.95. The van der Waals surface area contributed by atoms with Gasteiger partial charge < -0.3 is 0 Å². The Morgan fingerprint density at radius 3 is 2.64 bits per heavy atom. The van der Waals surface area contributed by atoms with Gasteiger partial charge in [-0.15, -0.1) is 6.58 Å². The van der Waals surface area contributed by atoms with Crippen molar-refractivity contribution in [3.63, 3.8) is 0 Å². The molecule has 0 radical (unpaired) electrons. The molecule has 0 saturated carbocycles. The van der Waals surface area contributed by atoms with Gasteiger partial charge in [0.15, 0.2) is 5.16 Å². The fourth-order valence-corrected chi connectivity index (χ4v) is 3.64. The molecule has 7 heteroatoms. The number of fused-ring (bicyclic) bond motifs is 1. The molecule has 0 aliphatic rings. The topological polar surface area (TPSA) is 79.0 Å². The second-order valence-corrected chi connectivity index (χ2v) is 6.82. The monoisotopic (exact) mass is 390 g/mol. The van der Waals surface area contributed by atoms with Gasteiger partial charge in [-0.1, -0.05) is 48.2 Å². The zero-order valence-corrected chi connectivity index (χ0v) is 15.9. The van der Waals surface area contributed by atoms with Crippen LogP contribution in [0.3, 0.4) is 0 Å². The number of rotatable bonds is 7. The van der Waals surface area contributed by atoms with E-state index in [0.29, 0.717) is 28.3 Å². The van der Waals surface area contributed by atoms with Crippen LogP contribution in [0.5, 0.6) is 0 Å². The summed E-state index contributed by atoms with van der Waals surface area (Å²) in [6, 6.07) is 18.2. The molecule has 1 amide bonds. The van der Waals surface area contributed by atoms with Gasteiger partial charge >= 0.3 is 0 Å². The standard InChI is InChI=1S/C21H18N4O2S/c1-2-13-25-20(27)17-10-6-7-11-18(17)23-21(25)28-15-19(26)24(14-12-22)16-8-4-3-5-9-16/h2-11H,1,13-15H2. The number of hydrogen-bond acceptors (Lipinski definition) is 5. The lowest BCUT2D eigenvalue weighted by molar-refractivity contribution is -0.116. The maximum absolute atomic E-state index is 12.8. The number of benzene rings is 2. The maximum atomic E-state index is 12.8. The molecular weight excluding hydrogens is 372 g/mol. The summed E-state index contributed by atoms with van der Waals surface area (Å²) in [5, 5.41) is 10.1. The highest BCUT2D eigenvalue weighted by Crippen LogP contribution is 2.20. The number of carbonyl (C=O) groups excluding carboxylic acids is 1. The van der Waals surface area contributed by atoms with Crippen molar-refractivity contribution in [2.45, 2.75) is 11.7 Å². The second-order valence-electron chi connectivity index (χ2n) is 5.88. The molecule has 0 bridgehead atoms. The minimum absolute atomic E-state index is 0.0476. The van der Waals surface area contributed by atoms with Gasteiger partial charge in [-0.2, -0.15) is 5.26 Å². The van der Waals surface area contributed by atoms with Crippen molar-refractivity contribution in [3.8, 4) is 6.07 Å². The number of para-hydroxylation sites is 2. The van der Waals surface area contributed by atoms with E-state index in [2.05, 4.69) is 11.6 Å². The molecule has 0 aliphatic heterocycles. The van der Waals surface area contributed by atoms with Gasteiger partial charge in [0, 0.05) is 12.2 Å². The molecule has 1 heterocycles. The number of hydrogen-bond donors (Lipinski definition) is 0. The Morgan fingerprint density at radius 2 is 1.93 bits per heavy atom. The molecule has 0 aliphatic carbocycles. The van der Waals surface area contributed by atoms with Crippen LogP contribution in [0.4, 0.5) is 5.69 Å². The second kappa shape index (κ2) is 9.02. The van der Waals surface area contributed by atoms with Crippen molar-refractivity contribution in [2.75, 3.05) is 17.2 Å². The molecule has 0 atom stereocenters. The van der Waals surface area contributed by atoms with Crippen LogP contribution in [0.1, 0.15) is 0 Å². The van der Waals surface area contributed by atoms with E-state index in [0.717, 1.165) is 0 Å². The number of amides is 1. The van der Waals surface area contributed by atoms with Crippen LogP contribution < -0.4 is 10.5 Å². The van der Waals surface area contributed by atoms with Crippen molar-refractivity contribution < 1.29 is 4.79 Å². The van der Waals surface area contributed by atoms with Crippen LogP contribution in [-0.4, -0.2) is 27.8 Å². The van der Waals surface area contributed by atoms with Gasteiger partial charge in [-0.3, -0.25) is 19.1 Å². The number of carbonyl (C=O) groups is 1. The fraction of sp³-hybridized carbons (Fsp3) is 0.143. The molecule has 28 heavy (non-hydrogen) atoms. The van der Waals surface area contributed by atoms with Gasteiger partial charge in [-0.25, -0.2) is 4.98 Å². The largest absolute Gasteiger partial charge is 0.298 e. The van der Waals surface area contributed by atoms with E-state index in [1.54, 1.807) is 36.4 Å². The quantitative estimate of drug-likeness (QED) is 0.268. The van der Waals surface area contributed by atoms with E-state index in [-0.39, 0.29) is 23.8 Å². The van der Waals surface area contributed by atoms with E-state index in [4.69, 9.17) is 5.26 Å². The van der Waals surface area contributed by atoms with Crippen LogP contribution in [0.15, 0.2) is 77.2 Å². The molecule has 0 spiro atoms. The normalized spacial score (nSPS) is 10.4. The third kappa shape index (κ3) is 4.13. The fourth-order valence-electron chi connectivity index (χ4n) is 2.75. The van der Waals surface area contributed by atoms with E-state index in [1.165, 1.54) is 21.2 Å². The molecule has 0 fully saturated rings. The van der Waals surface area contributed by atoms with Gasteiger partial charge in [0.05, 0.1) is 22.7 Å². The lowest BCUT2D eigenvalue weighted by Crippen LogP contribution is -2.33. The minimum Gasteiger partial charge on any atom is -0.298 e. The third-order valence-electron chi connectivity index (χ3n) is 4.06. The number of nitriles is 1. The van der Waals surface area contributed by atoms with Crippen molar-refractivity contribution in [3.05, 3.63) is 77.6 Å². The van der Waals surface area contributed by atoms with E-state index in [9.17, 15) is 9.59 Å². The van der Waals surface area contributed by atoms with E-state index < -0.39 is 0 Å². The average molecular weight is 390 g/mol. The zero-order chi connectivity index (χ0) is 19.9. The predicted octanol–water partition coefficient (Wildman–Crippen LogP) is 3.23. The van der Waals surface area contributed by atoms with Crippen molar-refractivity contribution in [1.82, 2.24) is 9.55 Å². The van der Waals surface area contributed by atoms with Crippen LogP contribution in [0, 0.1) is 11.3 Å².